The van der Waals surface area contributed by atoms with Gasteiger partial charge in [0.1, 0.15) is 0 Å². The summed E-state index contributed by atoms with van der Waals surface area (Å²) in [6.45, 7) is 0.445. The van der Waals surface area contributed by atoms with Crippen LogP contribution < -0.4 is 5.32 Å². The molecular formula is C13H21NO4. The van der Waals surface area contributed by atoms with Gasteiger partial charge < -0.3 is 15.2 Å². The Morgan fingerprint density at radius 2 is 1.78 bits per heavy atom. The molecule has 2 aliphatic rings. The molecule has 0 unspecified atom stereocenters. The molecule has 2 fully saturated rings. The van der Waals surface area contributed by atoms with Crippen LogP contribution in [0.25, 0.3) is 0 Å². The van der Waals surface area contributed by atoms with E-state index in [2.05, 4.69) is 5.32 Å². The number of carboxylic acids is 1. The Bertz CT molecular complexity index is 306. The van der Waals surface area contributed by atoms with Gasteiger partial charge in [-0.2, -0.15) is 0 Å². The standard InChI is InChI=1S/C13H21NO4/c15-12(14-10-3-4-10)7-8-18-11-5-1-9(2-6-11)13(16)17/h9-11H,1-8H2,(H,14,15)(H,16,17). The Morgan fingerprint density at radius 1 is 1.11 bits per heavy atom. The quantitative estimate of drug-likeness (QED) is 0.750. The molecule has 5 heteroatoms. The van der Waals surface area contributed by atoms with Gasteiger partial charge in [-0.25, -0.2) is 0 Å². The molecule has 0 aromatic carbocycles. The molecule has 2 aliphatic carbocycles. The summed E-state index contributed by atoms with van der Waals surface area (Å²) in [5, 5.41) is 11.8. The van der Waals surface area contributed by atoms with E-state index in [4.69, 9.17) is 9.84 Å². The molecule has 0 aromatic rings. The highest BCUT2D eigenvalue weighted by Gasteiger charge is 2.26. The number of ether oxygens (including phenoxy) is 1. The maximum Gasteiger partial charge on any atom is 0.306 e. The highest BCUT2D eigenvalue weighted by molar-refractivity contribution is 5.76. The van der Waals surface area contributed by atoms with Gasteiger partial charge >= 0.3 is 5.97 Å². The lowest BCUT2D eigenvalue weighted by atomic mass is 9.87. The van der Waals surface area contributed by atoms with E-state index >= 15 is 0 Å². The molecule has 2 N–H and O–H groups in total. The van der Waals surface area contributed by atoms with Crippen molar-refractivity contribution in [3.8, 4) is 0 Å². The molecular weight excluding hydrogens is 234 g/mol. The highest BCUT2D eigenvalue weighted by Crippen LogP contribution is 2.26. The maximum absolute atomic E-state index is 11.4. The number of aliphatic carboxylic acids is 1. The van der Waals surface area contributed by atoms with Crippen molar-refractivity contribution >= 4 is 11.9 Å². The first-order valence-electron chi connectivity index (χ1n) is 6.79. The van der Waals surface area contributed by atoms with Crippen molar-refractivity contribution in [2.75, 3.05) is 6.61 Å². The Morgan fingerprint density at radius 3 is 2.33 bits per heavy atom. The van der Waals surface area contributed by atoms with Crippen LogP contribution in [-0.4, -0.2) is 35.7 Å². The van der Waals surface area contributed by atoms with Crippen molar-refractivity contribution in [3.05, 3.63) is 0 Å². The van der Waals surface area contributed by atoms with Crippen molar-refractivity contribution in [3.63, 3.8) is 0 Å². The van der Waals surface area contributed by atoms with Gasteiger partial charge in [-0.05, 0) is 38.5 Å². The number of hydrogen-bond donors (Lipinski definition) is 2. The predicted octanol–water partition coefficient (Wildman–Crippen LogP) is 1.32. The topological polar surface area (TPSA) is 75.6 Å². The number of carboxylic acid groups (broad SMARTS) is 1. The van der Waals surface area contributed by atoms with E-state index in [1.54, 1.807) is 0 Å². The van der Waals surface area contributed by atoms with Crippen LogP contribution in [0.4, 0.5) is 0 Å². The third kappa shape index (κ3) is 4.29. The summed E-state index contributed by atoms with van der Waals surface area (Å²) in [7, 11) is 0. The lowest BCUT2D eigenvalue weighted by molar-refractivity contribution is -0.143. The van der Waals surface area contributed by atoms with E-state index in [-0.39, 0.29) is 17.9 Å². The Kier molecular flexibility index (Phi) is 4.58. The number of nitrogens with one attached hydrogen (secondary N) is 1. The molecule has 0 bridgehead atoms. The first-order valence-corrected chi connectivity index (χ1v) is 6.79. The van der Waals surface area contributed by atoms with Gasteiger partial charge in [-0.3, -0.25) is 9.59 Å². The Labute approximate surface area is 107 Å². The summed E-state index contributed by atoms with van der Waals surface area (Å²) in [5.74, 6) is -0.836. The third-order valence-corrected chi connectivity index (χ3v) is 3.65. The molecule has 0 aliphatic heterocycles. The third-order valence-electron chi connectivity index (χ3n) is 3.65. The van der Waals surface area contributed by atoms with E-state index in [1.165, 1.54) is 0 Å². The van der Waals surface area contributed by atoms with Crippen molar-refractivity contribution in [2.45, 2.75) is 57.1 Å². The molecule has 0 aromatic heterocycles. The molecule has 0 heterocycles. The summed E-state index contributed by atoms with van der Waals surface area (Å²) >= 11 is 0. The van der Waals surface area contributed by atoms with Crippen LogP contribution in [-0.2, 0) is 14.3 Å². The zero-order valence-electron chi connectivity index (χ0n) is 10.6. The van der Waals surface area contributed by atoms with Crippen molar-refractivity contribution in [1.29, 1.82) is 0 Å². The van der Waals surface area contributed by atoms with Crippen molar-refractivity contribution in [1.82, 2.24) is 5.32 Å². The van der Waals surface area contributed by atoms with Gasteiger partial charge in [0.25, 0.3) is 0 Å². The van der Waals surface area contributed by atoms with Crippen LogP contribution in [0.2, 0.25) is 0 Å². The molecule has 102 valence electrons. The van der Waals surface area contributed by atoms with E-state index < -0.39 is 5.97 Å². The second-order valence-electron chi connectivity index (χ2n) is 5.27. The molecule has 0 radical (unpaired) electrons. The average molecular weight is 255 g/mol. The van der Waals surface area contributed by atoms with Crippen LogP contribution in [0, 0.1) is 5.92 Å². The molecule has 2 saturated carbocycles. The zero-order chi connectivity index (χ0) is 13.0. The van der Waals surface area contributed by atoms with Gasteiger partial charge in [0, 0.05) is 12.5 Å². The fourth-order valence-electron chi connectivity index (χ4n) is 2.32. The first-order chi connectivity index (χ1) is 8.65. The zero-order valence-corrected chi connectivity index (χ0v) is 10.6. The molecule has 1 amide bonds. The van der Waals surface area contributed by atoms with E-state index in [0.29, 0.717) is 31.9 Å². The highest BCUT2D eigenvalue weighted by atomic mass is 16.5. The molecule has 18 heavy (non-hydrogen) atoms. The van der Waals surface area contributed by atoms with E-state index in [0.717, 1.165) is 25.7 Å². The van der Waals surface area contributed by atoms with Crippen LogP contribution in [0.5, 0.6) is 0 Å². The Balaban J connectivity index is 1.54. The fraction of sp³-hybridized carbons (Fsp3) is 0.846. The number of carbonyl (C=O) groups excluding carboxylic acids is 1. The second-order valence-corrected chi connectivity index (χ2v) is 5.27. The minimum atomic E-state index is -0.697. The largest absolute Gasteiger partial charge is 0.481 e. The molecule has 2 rings (SSSR count). The number of rotatable bonds is 6. The van der Waals surface area contributed by atoms with Gasteiger partial charge in [0.2, 0.25) is 5.91 Å². The van der Waals surface area contributed by atoms with Gasteiger partial charge in [-0.15, -0.1) is 0 Å². The molecule has 0 spiro atoms. The summed E-state index contributed by atoms with van der Waals surface area (Å²) < 4.78 is 5.63. The normalized spacial score (nSPS) is 27.8. The SMILES string of the molecule is O=C(CCOC1CCC(C(=O)O)CC1)NC1CC1. The van der Waals surface area contributed by atoms with Gasteiger partial charge in [-0.1, -0.05) is 0 Å². The number of carbonyl (C=O) groups is 2. The minimum absolute atomic E-state index is 0.0664. The first kappa shape index (κ1) is 13.3. The van der Waals surface area contributed by atoms with Crippen molar-refractivity contribution in [2.24, 2.45) is 5.92 Å². The lowest BCUT2D eigenvalue weighted by Gasteiger charge is -2.26. The molecule has 5 nitrogen and oxygen atoms in total. The van der Waals surface area contributed by atoms with Crippen LogP contribution in [0.3, 0.4) is 0 Å². The van der Waals surface area contributed by atoms with Crippen LogP contribution in [0.1, 0.15) is 44.9 Å². The summed E-state index contributed by atoms with van der Waals surface area (Å²) in [5.41, 5.74) is 0. The number of amides is 1. The fourth-order valence-corrected chi connectivity index (χ4v) is 2.32. The van der Waals surface area contributed by atoms with Gasteiger partial charge in [0.05, 0.1) is 18.6 Å². The van der Waals surface area contributed by atoms with E-state index in [1.807, 2.05) is 0 Å². The average Bonchev–Trinajstić information content (AvgIpc) is 3.13. The summed E-state index contributed by atoms with van der Waals surface area (Å²) in [6, 6.07) is 0.406. The summed E-state index contributed by atoms with van der Waals surface area (Å²) in [6.07, 6.45) is 5.71. The van der Waals surface area contributed by atoms with Crippen LogP contribution in [0.15, 0.2) is 0 Å². The predicted molar refractivity (Wildman–Crippen MR) is 65.1 cm³/mol. The maximum atomic E-state index is 11.4. The second kappa shape index (κ2) is 6.18. The van der Waals surface area contributed by atoms with Crippen molar-refractivity contribution < 1.29 is 19.4 Å². The molecule has 0 atom stereocenters. The van der Waals surface area contributed by atoms with Crippen LogP contribution >= 0.6 is 0 Å². The smallest absolute Gasteiger partial charge is 0.306 e. The molecule has 0 saturated heterocycles. The minimum Gasteiger partial charge on any atom is -0.481 e. The number of hydrogen-bond acceptors (Lipinski definition) is 3. The summed E-state index contributed by atoms with van der Waals surface area (Å²) in [4.78, 5) is 22.2. The Hall–Kier alpha value is -1.10. The monoisotopic (exact) mass is 255 g/mol. The van der Waals surface area contributed by atoms with Gasteiger partial charge in [0.15, 0.2) is 0 Å². The lowest BCUT2D eigenvalue weighted by Crippen LogP contribution is -2.29. The van der Waals surface area contributed by atoms with E-state index in [9.17, 15) is 9.59 Å².